The van der Waals surface area contributed by atoms with Crippen molar-refractivity contribution in [1.29, 1.82) is 0 Å². The van der Waals surface area contributed by atoms with Crippen LogP contribution in [0.15, 0.2) is 28.7 Å². The summed E-state index contributed by atoms with van der Waals surface area (Å²) in [7, 11) is 0. The lowest BCUT2D eigenvalue weighted by atomic mass is 10.2. The van der Waals surface area contributed by atoms with Crippen LogP contribution >= 0.6 is 15.9 Å². The first-order valence-corrected chi connectivity index (χ1v) is 3.90. The molecule has 1 rings (SSSR count). The Bertz CT molecular complexity index is 213. The maximum absolute atomic E-state index is 5.38. The van der Waals surface area contributed by atoms with E-state index >= 15 is 0 Å². The van der Waals surface area contributed by atoms with Gasteiger partial charge in [-0.2, -0.15) is 0 Å². The molecule has 0 aromatic heterocycles. The predicted molar refractivity (Wildman–Crippen MR) is 51.9 cm³/mol. The molecule has 0 spiro atoms. The quantitative estimate of drug-likeness (QED) is 0.709. The Morgan fingerprint density at radius 2 is 1.64 bits per heavy atom. The van der Waals surface area contributed by atoms with Gasteiger partial charge in [0, 0.05) is 11.0 Å². The zero-order valence-electron chi connectivity index (χ0n) is 6.13. The third-order valence-corrected chi connectivity index (χ3v) is 1.68. The van der Waals surface area contributed by atoms with Gasteiger partial charge in [-0.25, -0.2) is 0 Å². The number of hydrogen-bond acceptors (Lipinski definition) is 1. The molecule has 1 aromatic carbocycles. The minimum Gasteiger partial charge on any atom is -0.326 e. The van der Waals surface area contributed by atoms with Crippen LogP contribution < -0.4 is 5.73 Å². The molecule has 0 fully saturated rings. The molecule has 0 saturated carbocycles. The molecule has 0 unspecified atom stereocenters. The molecule has 0 atom stereocenters. The first-order valence-electron chi connectivity index (χ1n) is 3.11. The lowest BCUT2D eigenvalue weighted by Gasteiger charge is -1.93. The summed E-state index contributed by atoms with van der Waals surface area (Å²) in [6.45, 7) is 0.618. The summed E-state index contributed by atoms with van der Waals surface area (Å²) in [5, 5.41) is 0. The van der Waals surface area contributed by atoms with Gasteiger partial charge in [-0.15, -0.1) is 12.8 Å². The highest BCUT2D eigenvalue weighted by Crippen LogP contribution is 2.09. The molecule has 2 N–H and O–H groups in total. The lowest BCUT2D eigenvalue weighted by Crippen LogP contribution is -1.94. The molecule has 0 aliphatic rings. The predicted octanol–water partition coefficient (Wildman–Crippen LogP) is 2.16. The maximum Gasteiger partial charge on any atom is 0.0178 e. The van der Waals surface area contributed by atoms with Crippen molar-refractivity contribution in [3.8, 4) is 12.8 Å². The zero-order chi connectivity index (χ0) is 8.69. The molecule has 1 aromatic rings. The zero-order valence-corrected chi connectivity index (χ0v) is 7.71. The average Bonchev–Trinajstić information content (AvgIpc) is 2.10. The summed E-state index contributed by atoms with van der Waals surface area (Å²) < 4.78 is 1.10. The van der Waals surface area contributed by atoms with E-state index in [0.29, 0.717) is 6.54 Å². The van der Waals surface area contributed by atoms with Gasteiger partial charge in [0.1, 0.15) is 0 Å². The van der Waals surface area contributed by atoms with E-state index in [0.717, 1.165) is 4.47 Å². The number of benzene rings is 1. The molecule has 0 aliphatic carbocycles. The van der Waals surface area contributed by atoms with Crippen LogP contribution in [0.5, 0.6) is 0 Å². The van der Waals surface area contributed by atoms with Gasteiger partial charge in [-0.1, -0.05) is 28.1 Å². The van der Waals surface area contributed by atoms with E-state index in [-0.39, 0.29) is 0 Å². The first-order chi connectivity index (χ1) is 5.33. The lowest BCUT2D eigenvalue weighted by molar-refractivity contribution is 1.07. The monoisotopic (exact) mass is 211 g/mol. The van der Waals surface area contributed by atoms with Crippen LogP contribution in [0.3, 0.4) is 0 Å². The van der Waals surface area contributed by atoms with Crippen LogP contribution in [0, 0.1) is 12.8 Å². The minimum absolute atomic E-state index is 0.618. The van der Waals surface area contributed by atoms with Crippen molar-refractivity contribution in [1.82, 2.24) is 0 Å². The van der Waals surface area contributed by atoms with Gasteiger partial charge in [-0.3, -0.25) is 0 Å². The van der Waals surface area contributed by atoms with Crippen molar-refractivity contribution < 1.29 is 0 Å². The van der Waals surface area contributed by atoms with Crippen molar-refractivity contribution >= 4 is 15.9 Å². The van der Waals surface area contributed by atoms with E-state index in [1.54, 1.807) is 0 Å². The highest BCUT2D eigenvalue weighted by Gasteiger charge is 1.86. The standard InChI is InChI=1S/C7H8BrN.C2H2/c8-7-3-1-6(5-9)2-4-7;1-2/h1-4H,5,9H2;1-2H. The molecular formula is C9H10BrN. The highest BCUT2D eigenvalue weighted by atomic mass is 79.9. The minimum atomic E-state index is 0.618. The van der Waals surface area contributed by atoms with E-state index < -0.39 is 0 Å². The summed E-state index contributed by atoms with van der Waals surface area (Å²) in [5.74, 6) is 0. The Labute approximate surface area is 75.7 Å². The molecule has 0 saturated heterocycles. The number of rotatable bonds is 1. The normalized spacial score (nSPS) is 8.00. The molecule has 2 heteroatoms. The van der Waals surface area contributed by atoms with Gasteiger partial charge in [0.25, 0.3) is 0 Å². The Morgan fingerprint density at radius 3 is 2.00 bits per heavy atom. The summed E-state index contributed by atoms with van der Waals surface area (Å²) >= 11 is 3.33. The van der Waals surface area contributed by atoms with E-state index in [2.05, 4.69) is 28.8 Å². The van der Waals surface area contributed by atoms with Gasteiger partial charge in [0.05, 0.1) is 0 Å². The third-order valence-electron chi connectivity index (χ3n) is 1.15. The fraction of sp³-hybridized carbons (Fsp3) is 0.111. The Morgan fingerprint density at radius 1 is 1.18 bits per heavy atom. The smallest absolute Gasteiger partial charge is 0.0178 e. The summed E-state index contributed by atoms with van der Waals surface area (Å²) in [4.78, 5) is 0. The largest absolute Gasteiger partial charge is 0.326 e. The second-order valence-corrected chi connectivity index (χ2v) is 2.75. The van der Waals surface area contributed by atoms with E-state index in [1.165, 1.54) is 5.56 Å². The number of nitrogens with two attached hydrogens (primary N) is 1. The Hall–Kier alpha value is -0.780. The summed E-state index contributed by atoms with van der Waals surface area (Å²) in [5.41, 5.74) is 6.55. The fourth-order valence-electron chi connectivity index (χ4n) is 0.620. The van der Waals surface area contributed by atoms with Crippen molar-refractivity contribution in [3.63, 3.8) is 0 Å². The molecular weight excluding hydrogens is 202 g/mol. The van der Waals surface area contributed by atoms with Gasteiger partial charge in [0.15, 0.2) is 0 Å². The second kappa shape index (κ2) is 5.96. The molecule has 0 amide bonds. The number of terminal acetylenes is 1. The SMILES string of the molecule is C#C.NCc1ccc(Br)cc1. The van der Waals surface area contributed by atoms with Gasteiger partial charge < -0.3 is 5.73 Å². The highest BCUT2D eigenvalue weighted by molar-refractivity contribution is 9.10. The van der Waals surface area contributed by atoms with Crippen molar-refractivity contribution in [2.45, 2.75) is 6.54 Å². The molecule has 1 nitrogen and oxygen atoms in total. The van der Waals surface area contributed by atoms with Crippen LogP contribution in [0.1, 0.15) is 5.56 Å². The van der Waals surface area contributed by atoms with Crippen LogP contribution in [0.25, 0.3) is 0 Å². The topological polar surface area (TPSA) is 26.0 Å². The number of hydrogen-bond donors (Lipinski definition) is 1. The van der Waals surface area contributed by atoms with Crippen molar-refractivity contribution in [3.05, 3.63) is 34.3 Å². The van der Waals surface area contributed by atoms with E-state index in [1.807, 2.05) is 24.3 Å². The van der Waals surface area contributed by atoms with Gasteiger partial charge in [-0.05, 0) is 17.7 Å². The Kier molecular flexibility index (Phi) is 5.54. The summed E-state index contributed by atoms with van der Waals surface area (Å²) in [6, 6.07) is 7.98. The van der Waals surface area contributed by atoms with E-state index in [9.17, 15) is 0 Å². The number of halogens is 1. The molecule has 0 aliphatic heterocycles. The molecule has 0 heterocycles. The summed E-state index contributed by atoms with van der Waals surface area (Å²) in [6.07, 6.45) is 8.00. The van der Waals surface area contributed by atoms with Gasteiger partial charge in [0.2, 0.25) is 0 Å². The first kappa shape index (κ1) is 10.2. The van der Waals surface area contributed by atoms with Crippen molar-refractivity contribution in [2.24, 2.45) is 5.73 Å². The Balaban J connectivity index is 0.000000461. The average molecular weight is 212 g/mol. The van der Waals surface area contributed by atoms with Crippen molar-refractivity contribution in [2.75, 3.05) is 0 Å². The molecule has 0 radical (unpaired) electrons. The van der Waals surface area contributed by atoms with Crippen LogP contribution in [-0.2, 0) is 6.54 Å². The second-order valence-electron chi connectivity index (χ2n) is 1.83. The third kappa shape index (κ3) is 3.82. The van der Waals surface area contributed by atoms with Crippen LogP contribution in [-0.4, -0.2) is 0 Å². The van der Waals surface area contributed by atoms with E-state index in [4.69, 9.17) is 5.73 Å². The molecule has 11 heavy (non-hydrogen) atoms. The maximum atomic E-state index is 5.38. The van der Waals surface area contributed by atoms with Gasteiger partial charge >= 0.3 is 0 Å². The van der Waals surface area contributed by atoms with Crippen LogP contribution in [0.2, 0.25) is 0 Å². The molecule has 0 bridgehead atoms. The molecule has 58 valence electrons. The van der Waals surface area contributed by atoms with Crippen LogP contribution in [0.4, 0.5) is 0 Å². The fourth-order valence-corrected chi connectivity index (χ4v) is 0.885.